The van der Waals surface area contributed by atoms with Crippen LogP contribution in [-0.4, -0.2) is 17.5 Å². The average Bonchev–Trinajstić information content (AvgIpc) is 2.76. The molecule has 0 heterocycles. The van der Waals surface area contributed by atoms with Crippen LogP contribution >= 0.6 is 0 Å². The highest BCUT2D eigenvalue weighted by Gasteiger charge is 2.22. The number of nitro benzene ring substituents is 1. The Balaban J connectivity index is 1.89. The van der Waals surface area contributed by atoms with Gasteiger partial charge in [-0.25, -0.2) is 0 Å². The molecule has 18 heavy (non-hydrogen) atoms. The van der Waals surface area contributed by atoms with Crippen molar-refractivity contribution in [2.45, 2.75) is 45.1 Å². The molecule has 1 N–H and O–H groups in total. The van der Waals surface area contributed by atoms with E-state index in [2.05, 4.69) is 12.2 Å². The quantitative estimate of drug-likeness (QED) is 0.478. The molecule has 0 saturated heterocycles. The van der Waals surface area contributed by atoms with E-state index in [-0.39, 0.29) is 10.6 Å². The van der Waals surface area contributed by atoms with E-state index < -0.39 is 0 Å². The molecule has 98 valence electrons. The van der Waals surface area contributed by atoms with Crippen molar-refractivity contribution in [3.63, 3.8) is 0 Å². The highest BCUT2D eigenvalue weighted by Crippen LogP contribution is 2.26. The fourth-order valence-corrected chi connectivity index (χ4v) is 2.54. The predicted molar refractivity (Wildman–Crippen MR) is 71.8 cm³/mol. The molecule has 0 amide bonds. The lowest BCUT2D eigenvalue weighted by atomic mass is 10.1. The highest BCUT2D eigenvalue weighted by atomic mass is 16.6. The van der Waals surface area contributed by atoms with Gasteiger partial charge in [0.1, 0.15) is 0 Å². The third-order valence-corrected chi connectivity index (χ3v) is 3.55. The van der Waals surface area contributed by atoms with Crippen molar-refractivity contribution in [3.8, 4) is 0 Å². The number of non-ortho nitro benzene ring substituents is 1. The monoisotopic (exact) mass is 248 g/mol. The van der Waals surface area contributed by atoms with Crippen LogP contribution in [0.1, 0.15) is 37.3 Å². The summed E-state index contributed by atoms with van der Waals surface area (Å²) >= 11 is 0. The predicted octanol–water partition coefficient (Wildman–Crippen LogP) is 2.84. The Bertz CT molecular complexity index is 432. The normalized spacial score (nSPS) is 17.7. The molecule has 0 bridgehead atoms. The molecule has 4 heteroatoms. The minimum Gasteiger partial charge on any atom is -0.313 e. The SMILES string of the molecule is CCCCCNC1Cc2ccc([N+](=O)[O-])cc2C1. The second-order valence-electron chi connectivity index (χ2n) is 4.98. The smallest absolute Gasteiger partial charge is 0.269 e. The number of benzene rings is 1. The van der Waals surface area contributed by atoms with Gasteiger partial charge < -0.3 is 5.32 Å². The molecule has 0 aliphatic heterocycles. The van der Waals surface area contributed by atoms with Gasteiger partial charge in [0, 0.05) is 18.2 Å². The van der Waals surface area contributed by atoms with E-state index in [0.717, 1.165) is 24.9 Å². The maximum atomic E-state index is 10.7. The van der Waals surface area contributed by atoms with Crippen LogP contribution in [0.2, 0.25) is 0 Å². The summed E-state index contributed by atoms with van der Waals surface area (Å²) < 4.78 is 0. The Kier molecular flexibility index (Phi) is 4.31. The van der Waals surface area contributed by atoms with Gasteiger partial charge in [0.25, 0.3) is 5.69 Å². The lowest BCUT2D eigenvalue weighted by molar-refractivity contribution is -0.384. The van der Waals surface area contributed by atoms with Crippen LogP contribution in [0.4, 0.5) is 5.69 Å². The summed E-state index contributed by atoms with van der Waals surface area (Å²) in [6, 6.07) is 5.70. The van der Waals surface area contributed by atoms with Crippen LogP contribution in [0.5, 0.6) is 0 Å². The van der Waals surface area contributed by atoms with Crippen molar-refractivity contribution in [3.05, 3.63) is 39.4 Å². The largest absolute Gasteiger partial charge is 0.313 e. The minimum atomic E-state index is -0.317. The zero-order valence-corrected chi connectivity index (χ0v) is 10.8. The maximum absolute atomic E-state index is 10.7. The lowest BCUT2D eigenvalue weighted by Crippen LogP contribution is -2.30. The van der Waals surface area contributed by atoms with E-state index >= 15 is 0 Å². The molecule has 1 aliphatic carbocycles. The summed E-state index contributed by atoms with van der Waals surface area (Å²) in [5, 5.41) is 14.3. The number of nitrogens with zero attached hydrogens (tertiary/aromatic N) is 1. The number of nitrogens with one attached hydrogen (secondary N) is 1. The van der Waals surface area contributed by atoms with Gasteiger partial charge in [0.15, 0.2) is 0 Å². The summed E-state index contributed by atoms with van der Waals surface area (Å²) in [7, 11) is 0. The number of hydrogen-bond acceptors (Lipinski definition) is 3. The van der Waals surface area contributed by atoms with E-state index in [4.69, 9.17) is 0 Å². The third-order valence-electron chi connectivity index (χ3n) is 3.55. The summed E-state index contributed by atoms with van der Waals surface area (Å²) in [6.45, 7) is 3.25. The fraction of sp³-hybridized carbons (Fsp3) is 0.571. The van der Waals surface area contributed by atoms with Crippen LogP contribution in [-0.2, 0) is 12.8 Å². The van der Waals surface area contributed by atoms with E-state index in [1.807, 2.05) is 6.07 Å². The second-order valence-corrected chi connectivity index (χ2v) is 4.98. The molecule has 4 nitrogen and oxygen atoms in total. The van der Waals surface area contributed by atoms with Crippen LogP contribution in [0.25, 0.3) is 0 Å². The third kappa shape index (κ3) is 3.07. The second kappa shape index (κ2) is 5.96. The van der Waals surface area contributed by atoms with Gasteiger partial charge in [-0.15, -0.1) is 0 Å². The van der Waals surface area contributed by atoms with Crippen LogP contribution < -0.4 is 5.32 Å². The Morgan fingerprint density at radius 3 is 2.83 bits per heavy atom. The first-order valence-electron chi connectivity index (χ1n) is 6.70. The molecule has 0 aromatic heterocycles. The first-order valence-corrected chi connectivity index (χ1v) is 6.70. The van der Waals surface area contributed by atoms with Gasteiger partial charge in [-0.05, 0) is 36.9 Å². The van der Waals surface area contributed by atoms with Crippen molar-refractivity contribution in [1.29, 1.82) is 0 Å². The Morgan fingerprint density at radius 1 is 1.33 bits per heavy atom. The van der Waals surface area contributed by atoms with Gasteiger partial charge in [-0.2, -0.15) is 0 Å². The van der Waals surface area contributed by atoms with E-state index in [1.54, 1.807) is 12.1 Å². The number of rotatable bonds is 6. The van der Waals surface area contributed by atoms with Crippen molar-refractivity contribution in [1.82, 2.24) is 5.32 Å². The Morgan fingerprint density at radius 2 is 2.11 bits per heavy atom. The topological polar surface area (TPSA) is 55.2 Å². The van der Waals surface area contributed by atoms with Crippen molar-refractivity contribution < 1.29 is 4.92 Å². The molecule has 0 radical (unpaired) electrons. The van der Waals surface area contributed by atoms with Crippen molar-refractivity contribution in [2.24, 2.45) is 0 Å². The number of hydrogen-bond donors (Lipinski definition) is 1. The minimum absolute atomic E-state index is 0.209. The zero-order valence-electron chi connectivity index (χ0n) is 10.8. The molecule has 1 aromatic carbocycles. The van der Waals surface area contributed by atoms with Crippen molar-refractivity contribution >= 4 is 5.69 Å². The summed E-state index contributed by atoms with van der Waals surface area (Å²) in [5.74, 6) is 0. The van der Waals surface area contributed by atoms with E-state index in [9.17, 15) is 10.1 Å². The molecule has 0 saturated carbocycles. The van der Waals surface area contributed by atoms with Gasteiger partial charge in [0.05, 0.1) is 4.92 Å². The fourth-order valence-electron chi connectivity index (χ4n) is 2.54. The van der Waals surface area contributed by atoms with Crippen LogP contribution in [0.15, 0.2) is 18.2 Å². The van der Waals surface area contributed by atoms with Gasteiger partial charge in [-0.1, -0.05) is 25.8 Å². The molecule has 1 atom stereocenters. The number of unbranched alkanes of at least 4 members (excludes halogenated alkanes) is 2. The van der Waals surface area contributed by atoms with Gasteiger partial charge >= 0.3 is 0 Å². The Labute approximate surface area is 108 Å². The summed E-state index contributed by atoms with van der Waals surface area (Å²) in [6.07, 6.45) is 5.63. The molecule has 1 unspecified atom stereocenters. The van der Waals surface area contributed by atoms with Crippen LogP contribution in [0, 0.1) is 10.1 Å². The number of fused-ring (bicyclic) bond motifs is 1. The lowest BCUT2D eigenvalue weighted by Gasteiger charge is -2.11. The standard InChI is InChI=1S/C14H20N2O2/c1-2-3-4-7-15-13-8-11-5-6-14(16(17)18)10-12(11)9-13/h5-6,10,13,15H,2-4,7-9H2,1H3. The first-order chi connectivity index (χ1) is 8.70. The molecular weight excluding hydrogens is 228 g/mol. The summed E-state index contributed by atoms with van der Waals surface area (Å²) in [5.41, 5.74) is 2.60. The maximum Gasteiger partial charge on any atom is 0.269 e. The molecule has 1 aliphatic rings. The van der Waals surface area contributed by atoms with Gasteiger partial charge in [-0.3, -0.25) is 10.1 Å². The van der Waals surface area contributed by atoms with Crippen molar-refractivity contribution in [2.75, 3.05) is 6.54 Å². The summed E-state index contributed by atoms with van der Waals surface area (Å²) in [4.78, 5) is 10.4. The Hall–Kier alpha value is -1.42. The van der Waals surface area contributed by atoms with E-state index in [1.165, 1.54) is 24.8 Å². The van der Waals surface area contributed by atoms with Gasteiger partial charge in [0.2, 0.25) is 0 Å². The number of nitro groups is 1. The molecule has 1 aromatic rings. The van der Waals surface area contributed by atoms with E-state index in [0.29, 0.717) is 6.04 Å². The average molecular weight is 248 g/mol. The molecule has 2 rings (SSSR count). The van der Waals surface area contributed by atoms with Crippen LogP contribution in [0.3, 0.4) is 0 Å². The molecular formula is C14H20N2O2. The first kappa shape index (κ1) is 13.0. The zero-order chi connectivity index (χ0) is 13.0. The highest BCUT2D eigenvalue weighted by molar-refractivity contribution is 5.43. The molecule has 0 fully saturated rings. The molecule has 0 spiro atoms.